The number of hydrogen-bond acceptors (Lipinski definition) is 5. The third-order valence-electron chi connectivity index (χ3n) is 2.77. The summed E-state index contributed by atoms with van der Waals surface area (Å²) < 4.78 is 0. The van der Waals surface area contributed by atoms with E-state index >= 15 is 0 Å². The van der Waals surface area contributed by atoms with Gasteiger partial charge in [0.2, 0.25) is 5.91 Å². The molecule has 1 amide bonds. The average molecular weight is 302 g/mol. The molecule has 1 aromatic rings. The lowest BCUT2D eigenvalue weighted by molar-refractivity contribution is -0.116. The first-order valence-electron chi connectivity index (χ1n) is 6.24. The molecule has 0 saturated carbocycles. The molecule has 2 heterocycles. The van der Waals surface area contributed by atoms with Crippen molar-refractivity contribution in [3.05, 3.63) is 11.1 Å². The summed E-state index contributed by atoms with van der Waals surface area (Å²) in [7, 11) is 4.00. The lowest BCUT2D eigenvalue weighted by atomic mass is 10.1. The Morgan fingerprint density at radius 3 is 3.11 bits per heavy atom. The number of anilines is 1. The molecule has 6 heteroatoms. The highest BCUT2D eigenvalue weighted by Gasteiger charge is 2.15. The van der Waals surface area contributed by atoms with Gasteiger partial charge in [-0.3, -0.25) is 4.79 Å². The van der Waals surface area contributed by atoms with E-state index in [-0.39, 0.29) is 5.91 Å². The van der Waals surface area contributed by atoms with E-state index in [4.69, 9.17) is 0 Å². The highest BCUT2D eigenvalue weighted by molar-refractivity contribution is 8.77. The normalized spacial score (nSPS) is 19.1. The second-order valence-corrected chi connectivity index (χ2v) is 8.42. The fourth-order valence-corrected chi connectivity index (χ4v) is 5.52. The molecule has 1 saturated heterocycles. The maximum absolute atomic E-state index is 11.7. The smallest absolute Gasteiger partial charge is 0.226 e. The van der Waals surface area contributed by atoms with E-state index in [1.807, 2.05) is 28.5 Å². The minimum atomic E-state index is 0.0952. The van der Waals surface area contributed by atoms with Crippen LogP contribution in [0.4, 0.5) is 5.13 Å². The van der Waals surface area contributed by atoms with Gasteiger partial charge in [-0.25, -0.2) is 4.98 Å². The van der Waals surface area contributed by atoms with Crippen LogP contribution >= 0.6 is 32.9 Å². The highest BCUT2D eigenvalue weighted by atomic mass is 33.1. The van der Waals surface area contributed by atoms with E-state index in [1.54, 1.807) is 6.20 Å². The summed E-state index contributed by atoms with van der Waals surface area (Å²) in [6.07, 6.45) is 7.13. The second-order valence-electron chi connectivity index (χ2n) is 4.40. The van der Waals surface area contributed by atoms with Gasteiger partial charge in [-0.15, -0.1) is 11.3 Å². The molecule has 3 nitrogen and oxygen atoms in total. The summed E-state index contributed by atoms with van der Waals surface area (Å²) in [4.78, 5) is 16.9. The summed E-state index contributed by atoms with van der Waals surface area (Å²) in [5.74, 6) is 1.39. The lowest BCUT2D eigenvalue weighted by Gasteiger charge is -2.06. The number of aryl methyl sites for hydroxylation is 1. The van der Waals surface area contributed by atoms with Gasteiger partial charge in [-0.1, -0.05) is 28.0 Å². The number of thiazole rings is 1. The molecule has 0 aliphatic carbocycles. The van der Waals surface area contributed by atoms with Gasteiger partial charge in [-0.2, -0.15) is 0 Å². The first kappa shape index (κ1) is 14.2. The molecule has 0 radical (unpaired) electrons. The zero-order chi connectivity index (χ0) is 12.8. The van der Waals surface area contributed by atoms with E-state index in [0.29, 0.717) is 6.42 Å². The van der Waals surface area contributed by atoms with Crippen LogP contribution in [0.25, 0.3) is 0 Å². The van der Waals surface area contributed by atoms with Crippen molar-refractivity contribution in [1.29, 1.82) is 0 Å². The Balaban J connectivity index is 1.57. The lowest BCUT2D eigenvalue weighted by Crippen LogP contribution is -2.11. The van der Waals surface area contributed by atoms with Crippen LogP contribution in [0.2, 0.25) is 0 Å². The third-order valence-corrected chi connectivity index (χ3v) is 6.61. The van der Waals surface area contributed by atoms with Gasteiger partial charge in [0, 0.05) is 28.5 Å². The summed E-state index contributed by atoms with van der Waals surface area (Å²) in [5.41, 5.74) is 0. The monoisotopic (exact) mass is 302 g/mol. The van der Waals surface area contributed by atoms with Crippen LogP contribution in [-0.4, -0.2) is 21.9 Å². The first-order valence-corrected chi connectivity index (χ1v) is 9.44. The SMILES string of the molecule is Cc1cnc(NC(=O)CCCC[C@H]2CCSS2)s1. The molecule has 1 aliphatic rings. The number of carbonyl (C=O) groups excluding carboxylic acids is 1. The molecule has 1 fully saturated rings. The van der Waals surface area contributed by atoms with Crippen molar-refractivity contribution < 1.29 is 4.79 Å². The molecule has 1 aliphatic heterocycles. The topological polar surface area (TPSA) is 42.0 Å². The van der Waals surface area contributed by atoms with Crippen molar-refractivity contribution in [1.82, 2.24) is 4.98 Å². The second kappa shape index (κ2) is 7.40. The summed E-state index contributed by atoms with van der Waals surface area (Å²) >= 11 is 1.53. The van der Waals surface area contributed by atoms with Crippen molar-refractivity contribution in [2.75, 3.05) is 11.1 Å². The van der Waals surface area contributed by atoms with Gasteiger partial charge in [0.1, 0.15) is 0 Å². The molecule has 1 atom stereocenters. The number of aromatic nitrogens is 1. The van der Waals surface area contributed by atoms with E-state index in [1.165, 1.54) is 29.9 Å². The van der Waals surface area contributed by atoms with Gasteiger partial charge in [0.15, 0.2) is 5.13 Å². The van der Waals surface area contributed by atoms with Crippen molar-refractivity contribution in [2.45, 2.75) is 44.3 Å². The Morgan fingerprint density at radius 2 is 2.44 bits per heavy atom. The Morgan fingerprint density at radius 1 is 1.56 bits per heavy atom. The van der Waals surface area contributed by atoms with Crippen LogP contribution in [0.1, 0.15) is 37.0 Å². The zero-order valence-corrected chi connectivity index (χ0v) is 12.9. The third kappa shape index (κ3) is 4.82. The Kier molecular flexibility index (Phi) is 5.85. The van der Waals surface area contributed by atoms with E-state index in [0.717, 1.165) is 28.1 Å². The van der Waals surface area contributed by atoms with E-state index in [2.05, 4.69) is 10.3 Å². The molecule has 0 aromatic carbocycles. The molecule has 2 rings (SSSR count). The minimum Gasteiger partial charge on any atom is -0.302 e. The standard InChI is InChI=1S/C12H18N2OS3/c1-9-8-13-12(17-9)14-11(15)5-3-2-4-10-6-7-16-18-10/h8,10H,2-7H2,1H3,(H,13,14,15)/t10-/m0/s1. The van der Waals surface area contributed by atoms with Gasteiger partial charge < -0.3 is 5.32 Å². The van der Waals surface area contributed by atoms with Crippen LogP contribution in [0.15, 0.2) is 6.20 Å². The van der Waals surface area contributed by atoms with Gasteiger partial charge in [0.25, 0.3) is 0 Å². The molecule has 100 valence electrons. The fourth-order valence-electron chi connectivity index (χ4n) is 1.82. The summed E-state index contributed by atoms with van der Waals surface area (Å²) in [6, 6.07) is 0. The number of rotatable bonds is 6. The van der Waals surface area contributed by atoms with Crippen LogP contribution in [0.5, 0.6) is 0 Å². The average Bonchev–Trinajstić information content (AvgIpc) is 2.96. The Bertz CT molecular complexity index is 388. The van der Waals surface area contributed by atoms with Crippen molar-refractivity contribution in [3.8, 4) is 0 Å². The number of amides is 1. The highest BCUT2D eigenvalue weighted by Crippen LogP contribution is 2.39. The van der Waals surface area contributed by atoms with Crippen molar-refractivity contribution >= 4 is 44.0 Å². The predicted octanol–water partition coefficient (Wildman–Crippen LogP) is 4.10. The number of nitrogens with zero attached hydrogens (tertiary/aromatic N) is 1. The number of nitrogens with one attached hydrogen (secondary N) is 1. The van der Waals surface area contributed by atoms with Crippen LogP contribution < -0.4 is 5.32 Å². The predicted molar refractivity (Wildman–Crippen MR) is 82.4 cm³/mol. The molecule has 1 N–H and O–H groups in total. The van der Waals surface area contributed by atoms with E-state index < -0.39 is 0 Å². The number of hydrogen-bond donors (Lipinski definition) is 1. The van der Waals surface area contributed by atoms with Crippen LogP contribution in [0, 0.1) is 6.92 Å². The molecule has 0 bridgehead atoms. The Hall–Kier alpha value is -0.200. The van der Waals surface area contributed by atoms with E-state index in [9.17, 15) is 4.79 Å². The quantitative estimate of drug-likeness (QED) is 0.634. The maximum atomic E-state index is 11.7. The minimum absolute atomic E-state index is 0.0952. The largest absolute Gasteiger partial charge is 0.302 e. The summed E-state index contributed by atoms with van der Waals surface area (Å²) in [5, 5.41) is 4.39. The van der Waals surface area contributed by atoms with Gasteiger partial charge >= 0.3 is 0 Å². The Labute approximate surface area is 120 Å². The fraction of sp³-hybridized carbons (Fsp3) is 0.667. The molecular weight excluding hydrogens is 284 g/mol. The maximum Gasteiger partial charge on any atom is 0.226 e. The number of carbonyl (C=O) groups is 1. The molecular formula is C12H18N2OS3. The molecule has 0 spiro atoms. The van der Waals surface area contributed by atoms with Gasteiger partial charge in [0.05, 0.1) is 0 Å². The van der Waals surface area contributed by atoms with Crippen molar-refractivity contribution in [2.24, 2.45) is 0 Å². The summed E-state index contributed by atoms with van der Waals surface area (Å²) in [6.45, 7) is 1.99. The van der Waals surface area contributed by atoms with Crippen LogP contribution in [0.3, 0.4) is 0 Å². The zero-order valence-electron chi connectivity index (χ0n) is 10.5. The molecule has 1 aromatic heterocycles. The van der Waals surface area contributed by atoms with Gasteiger partial charge in [-0.05, 0) is 26.2 Å². The van der Waals surface area contributed by atoms with Crippen molar-refractivity contribution in [3.63, 3.8) is 0 Å². The number of unbranched alkanes of at least 4 members (excludes halogenated alkanes) is 1. The van der Waals surface area contributed by atoms with Crippen LogP contribution in [-0.2, 0) is 4.79 Å². The molecule has 0 unspecified atom stereocenters. The molecule has 18 heavy (non-hydrogen) atoms. The first-order chi connectivity index (χ1) is 8.74.